The fourth-order valence-electron chi connectivity index (χ4n) is 2.76. The van der Waals surface area contributed by atoms with E-state index < -0.39 is 29.1 Å². The van der Waals surface area contributed by atoms with Crippen LogP contribution >= 0.6 is 11.8 Å². The number of carboxylic acids is 1. The van der Waals surface area contributed by atoms with Gasteiger partial charge in [-0.1, -0.05) is 6.07 Å². The number of nitrogens with zero attached hydrogens (tertiary/aromatic N) is 2. The summed E-state index contributed by atoms with van der Waals surface area (Å²) in [6.45, 7) is 1.42. The molecular weight excluding hydrogens is 384 g/mol. The molecule has 0 radical (unpaired) electrons. The maximum absolute atomic E-state index is 12.6. The van der Waals surface area contributed by atoms with Crippen molar-refractivity contribution >= 4 is 40.9 Å². The van der Waals surface area contributed by atoms with Gasteiger partial charge >= 0.3 is 11.9 Å². The van der Waals surface area contributed by atoms with E-state index in [-0.39, 0.29) is 10.5 Å². The molecule has 0 unspecified atom stereocenters. The van der Waals surface area contributed by atoms with Crippen LogP contribution in [0.15, 0.2) is 47.5 Å². The van der Waals surface area contributed by atoms with Gasteiger partial charge in [0.2, 0.25) is 0 Å². The van der Waals surface area contributed by atoms with E-state index in [1.54, 1.807) is 35.0 Å². The lowest BCUT2D eigenvalue weighted by Gasteiger charge is -2.18. The summed E-state index contributed by atoms with van der Waals surface area (Å²) in [5.41, 5.74) is 1.31. The van der Waals surface area contributed by atoms with E-state index >= 15 is 0 Å². The van der Waals surface area contributed by atoms with E-state index in [2.05, 4.69) is 4.74 Å². The lowest BCUT2D eigenvalue weighted by atomic mass is 10.2. The molecular formula is C19H16N2O6S. The van der Waals surface area contributed by atoms with E-state index in [1.165, 1.54) is 32.2 Å². The van der Waals surface area contributed by atoms with Crippen LogP contribution in [0, 0.1) is 0 Å². The van der Waals surface area contributed by atoms with Crippen molar-refractivity contribution in [2.24, 2.45) is 0 Å². The molecule has 1 aromatic carbocycles. The highest BCUT2D eigenvalue weighted by molar-refractivity contribution is 8.18. The van der Waals surface area contributed by atoms with Crippen LogP contribution in [0.1, 0.15) is 23.0 Å². The van der Waals surface area contributed by atoms with Crippen molar-refractivity contribution in [2.75, 3.05) is 7.11 Å². The lowest BCUT2D eigenvalue weighted by molar-refractivity contribution is -0.148. The Morgan fingerprint density at radius 2 is 1.96 bits per heavy atom. The number of hydrogen-bond acceptors (Lipinski definition) is 6. The number of aromatic carboxylic acids is 1. The van der Waals surface area contributed by atoms with Crippen molar-refractivity contribution in [1.82, 2.24) is 9.47 Å². The molecule has 0 aliphatic carbocycles. The zero-order valence-electron chi connectivity index (χ0n) is 15.0. The van der Waals surface area contributed by atoms with Gasteiger partial charge in [-0.15, -0.1) is 0 Å². The first-order valence-corrected chi connectivity index (χ1v) is 9.01. The van der Waals surface area contributed by atoms with Crippen molar-refractivity contribution in [3.8, 4) is 5.69 Å². The van der Waals surface area contributed by atoms with Crippen molar-refractivity contribution < 1.29 is 29.0 Å². The highest BCUT2D eigenvalue weighted by Gasteiger charge is 2.41. The third kappa shape index (κ3) is 3.56. The van der Waals surface area contributed by atoms with Crippen LogP contribution in [0.3, 0.4) is 0 Å². The summed E-state index contributed by atoms with van der Waals surface area (Å²) in [5.74, 6) is -2.31. The van der Waals surface area contributed by atoms with Gasteiger partial charge in [0.15, 0.2) is 0 Å². The van der Waals surface area contributed by atoms with Gasteiger partial charge in [0.1, 0.15) is 6.04 Å². The molecule has 1 fully saturated rings. The van der Waals surface area contributed by atoms with Crippen molar-refractivity contribution in [2.45, 2.75) is 13.0 Å². The SMILES string of the molecule is COC(=O)[C@H](C)N1C(=O)S/C(=C/c2cccn2-c2cccc(C(=O)O)c2)C1=O. The largest absolute Gasteiger partial charge is 0.478 e. The molecule has 2 aromatic rings. The Morgan fingerprint density at radius 3 is 2.64 bits per heavy atom. The van der Waals surface area contributed by atoms with Crippen molar-refractivity contribution in [3.05, 3.63) is 58.8 Å². The van der Waals surface area contributed by atoms with Crippen molar-refractivity contribution in [3.63, 3.8) is 0 Å². The van der Waals surface area contributed by atoms with Gasteiger partial charge in [0, 0.05) is 17.6 Å². The van der Waals surface area contributed by atoms with Gasteiger partial charge in [-0.25, -0.2) is 9.59 Å². The summed E-state index contributed by atoms with van der Waals surface area (Å²) < 4.78 is 6.30. The molecule has 3 rings (SSSR count). The Hall–Kier alpha value is -3.33. The molecule has 1 aromatic heterocycles. The molecule has 8 nitrogen and oxygen atoms in total. The van der Waals surface area contributed by atoms with Gasteiger partial charge in [0.25, 0.3) is 11.1 Å². The third-order valence-electron chi connectivity index (χ3n) is 4.18. The number of carbonyl (C=O) groups excluding carboxylic acids is 3. The van der Waals surface area contributed by atoms with Crippen LogP contribution in [-0.4, -0.2) is 50.8 Å². The molecule has 2 heterocycles. The first-order chi connectivity index (χ1) is 13.3. The Morgan fingerprint density at radius 1 is 1.21 bits per heavy atom. The number of carboxylic acid groups (broad SMARTS) is 1. The van der Waals surface area contributed by atoms with Crippen molar-refractivity contribution in [1.29, 1.82) is 0 Å². The molecule has 0 saturated carbocycles. The first kappa shape index (κ1) is 19.4. The number of esters is 1. The van der Waals surface area contributed by atoms with E-state index in [1.807, 2.05) is 0 Å². The van der Waals surface area contributed by atoms with Gasteiger partial charge in [-0.2, -0.15) is 0 Å². The second-order valence-electron chi connectivity index (χ2n) is 5.91. The Labute approximate surface area is 164 Å². The van der Waals surface area contributed by atoms with Crippen LogP contribution in [0.5, 0.6) is 0 Å². The number of imide groups is 1. The molecule has 9 heteroatoms. The van der Waals surface area contributed by atoms with E-state index in [4.69, 9.17) is 5.11 Å². The van der Waals surface area contributed by atoms with Gasteiger partial charge in [-0.3, -0.25) is 14.5 Å². The monoisotopic (exact) mass is 400 g/mol. The van der Waals surface area contributed by atoms with Gasteiger partial charge < -0.3 is 14.4 Å². The predicted octanol–water partition coefficient (Wildman–Crippen LogP) is 2.77. The number of carbonyl (C=O) groups is 4. The summed E-state index contributed by atoms with van der Waals surface area (Å²) in [5, 5.41) is 8.61. The van der Waals surface area contributed by atoms with Crippen LogP contribution in [0.2, 0.25) is 0 Å². The number of methoxy groups -OCH3 is 1. The summed E-state index contributed by atoms with van der Waals surface area (Å²) in [6, 6.07) is 8.77. The number of ether oxygens (including phenoxy) is 1. The summed E-state index contributed by atoms with van der Waals surface area (Å²) in [7, 11) is 1.19. The fourth-order valence-corrected chi connectivity index (χ4v) is 3.65. The van der Waals surface area contributed by atoms with Crippen LogP contribution < -0.4 is 0 Å². The molecule has 28 heavy (non-hydrogen) atoms. The third-order valence-corrected chi connectivity index (χ3v) is 5.07. The number of amides is 2. The Kier molecular flexibility index (Phi) is 5.36. The zero-order chi connectivity index (χ0) is 20.4. The molecule has 2 amide bonds. The highest BCUT2D eigenvalue weighted by Crippen LogP contribution is 2.34. The summed E-state index contributed by atoms with van der Waals surface area (Å²) in [4.78, 5) is 48.7. The molecule has 0 bridgehead atoms. The molecule has 1 aliphatic rings. The zero-order valence-corrected chi connectivity index (χ0v) is 15.8. The number of benzene rings is 1. The predicted molar refractivity (Wildman–Crippen MR) is 102 cm³/mol. The van der Waals surface area contributed by atoms with Crippen LogP contribution in [0.4, 0.5) is 4.79 Å². The van der Waals surface area contributed by atoms with E-state index in [9.17, 15) is 19.2 Å². The maximum atomic E-state index is 12.6. The minimum atomic E-state index is -1.05. The van der Waals surface area contributed by atoms with Gasteiger partial charge in [0.05, 0.1) is 17.6 Å². The Bertz CT molecular complexity index is 1010. The minimum Gasteiger partial charge on any atom is -0.478 e. The Balaban J connectivity index is 1.94. The topological polar surface area (TPSA) is 106 Å². The fraction of sp³-hybridized carbons (Fsp3) is 0.158. The second-order valence-corrected chi connectivity index (χ2v) is 6.90. The molecule has 1 aliphatic heterocycles. The van der Waals surface area contributed by atoms with E-state index in [0.717, 1.165) is 16.7 Å². The normalized spacial score (nSPS) is 16.5. The molecule has 144 valence electrons. The molecule has 1 saturated heterocycles. The number of aromatic nitrogens is 1. The first-order valence-electron chi connectivity index (χ1n) is 8.19. The van der Waals surface area contributed by atoms with Crippen LogP contribution in [0.25, 0.3) is 11.8 Å². The molecule has 1 N–H and O–H groups in total. The average Bonchev–Trinajstić information content (AvgIpc) is 3.25. The second kappa shape index (κ2) is 7.73. The lowest BCUT2D eigenvalue weighted by Crippen LogP contribution is -2.42. The smallest absolute Gasteiger partial charge is 0.335 e. The standard InChI is InChI=1S/C19H16N2O6S/c1-11(18(25)27-2)21-16(22)15(28-19(21)26)10-14-7-4-8-20(14)13-6-3-5-12(9-13)17(23)24/h3-11H,1-2H3,(H,23,24)/b15-10+/t11-/m0/s1. The molecule has 0 spiro atoms. The quantitative estimate of drug-likeness (QED) is 0.608. The van der Waals surface area contributed by atoms with Gasteiger partial charge in [-0.05, 0) is 55.1 Å². The number of thioether (sulfide) groups is 1. The summed E-state index contributed by atoms with van der Waals surface area (Å²) >= 11 is 0.732. The molecule has 1 atom stereocenters. The minimum absolute atomic E-state index is 0.129. The number of rotatable bonds is 5. The van der Waals surface area contributed by atoms with Crippen LogP contribution in [-0.2, 0) is 14.3 Å². The number of hydrogen-bond donors (Lipinski definition) is 1. The van der Waals surface area contributed by atoms with E-state index in [0.29, 0.717) is 11.4 Å². The maximum Gasteiger partial charge on any atom is 0.335 e. The highest BCUT2D eigenvalue weighted by atomic mass is 32.2. The summed E-state index contributed by atoms with van der Waals surface area (Å²) in [6.07, 6.45) is 3.25. The average molecular weight is 400 g/mol.